The molecule has 1 aromatic carbocycles. The Labute approximate surface area is 138 Å². The Balaban J connectivity index is 2.42. The minimum atomic E-state index is -1.13. The van der Waals surface area contributed by atoms with E-state index in [4.69, 9.17) is 4.74 Å². The van der Waals surface area contributed by atoms with Crippen molar-refractivity contribution < 1.29 is 23.1 Å². The van der Waals surface area contributed by atoms with E-state index < -0.39 is 17.5 Å². The fourth-order valence-electron chi connectivity index (χ4n) is 2.72. The van der Waals surface area contributed by atoms with Crippen LogP contribution in [-0.2, 0) is 9.53 Å². The summed E-state index contributed by atoms with van der Waals surface area (Å²) in [5.41, 5.74) is 1.80. The number of anilines is 1. The fourth-order valence-corrected chi connectivity index (χ4v) is 2.72. The summed E-state index contributed by atoms with van der Waals surface area (Å²) in [6.45, 7) is 5.58. The zero-order valence-corrected chi connectivity index (χ0v) is 13.7. The van der Waals surface area contributed by atoms with Crippen LogP contribution >= 0.6 is 0 Å². The van der Waals surface area contributed by atoms with Gasteiger partial charge in [0.2, 0.25) is 5.91 Å². The standard InChI is InChI=1S/C16H19F2N3O3/c1-9-6-21(7-10(2)24-9)16-13(8-22)4-12(14(17)15(16)18)5-19-20-11(3)23/h4-5,8-10H,6-7H2,1-3H3,(H,20,23)/t9-,10+. The Hall–Kier alpha value is -2.35. The highest BCUT2D eigenvalue weighted by Gasteiger charge is 2.28. The highest BCUT2D eigenvalue weighted by atomic mass is 19.2. The van der Waals surface area contributed by atoms with Gasteiger partial charge in [-0.05, 0) is 19.9 Å². The maximum atomic E-state index is 14.6. The summed E-state index contributed by atoms with van der Waals surface area (Å²) < 4.78 is 34.4. The Morgan fingerprint density at radius 3 is 2.46 bits per heavy atom. The third kappa shape index (κ3) is 3.94. The van der Waals surface area contributed by atoms with Gasteiger partial charge in [-0.3, -0.25) is 9.59 Å². The maximum Gasteiger partial charge on any atom is 0.236 e. The molecule has 0 bridgehead atoms. The van der Waals surface area contributed by atoms with Gasteiger partial charge >= 0.3 is 0 Å². The Morgan fingerprint density at radius 2 is 1.92 bits per heavy atom. The van der Waals surface area contributed by atoms with Crippen LogP contribution in [0.2, 0.25) is 0 Å². The molecule has 8 heteroatoms. The van der Waals surface area contributed by atoms with Crippen molar-refractivity contribution in [3.63, 3.8) is 0 Å². The van der Waals surface area contributed by atoms with Crippen LogP contribution in [0.5, 0.6) is 0 Å². The van der Waals surface area contributed by atoms with Crippen LogP contribution in [0.15, 0.2) is 11.2 Å². The van der Waals surface area contributed by atoms with E-state index in [0.29, 0.717) is 19.4 Å². The second-order valence-electron chi connectivity index (χ2n) is 5.74. The molecule has 130 valence electrons. The monoisotopic (exact) mass is 339 g/mol. The van der Waals surface area contributed by atoms with Crippen molar-refractivity contribution in [2.24, 2.45) is 5.10 Å². The van der Waals surface area contributed by atoms with Gasteiger partial charge in [-0.15, -0.1) is 0 Å². The van der Waals surface area contributed by atoms with Gasteiger partial charge in [-0.1, -0.05) is 0 Å². The first-order valence-electron chi connectivity index (χ1n) is 7.50. The number of rotatable bonds is 4. The topological polar surface area (TPSA) is 71.0 Å². The average molecular weight is 339 g/mol. The van der Waals surface area contributed by atoms with E-state index >= 15 is 0 Å². The molecule has 0 unspecified atom stereocenters. The minimum Gasteiger partial charge on any atom is -0.372 e. The molecule has 0 saturated carbocycles. The Bertz CT molecular complexity index is 669. The summed E-state index contributed by atoms with van der Waals surface area (Å²) in [5, 5.41) is 3.50. The molecule has 1 fully saturated rings. The number of carbonyl (C=O) groups is 2. The van der Waals surface area contributed by atoms with E-state index in [1.807, 2.05) is 13.8 Å². The third-order valence-corrected chi connectivity index (χ3v) is 3.53. The third-order valence-electron chi connectivity index (χ3n) is 3.53. The smallest absolute Gasteiger partial charge is 0.236 e. The van der Waals surface area contributed by atoms with Crippen LogP contribution < -0.4 is 10.3 Å². The molecule has 0 aromatic heterocycles. The maximum absolute atomic E-state index is 14.6. The minimum absolute atomic E-state index is 0.0134. The number of nitrogens with zero attached hydrogens (tertiary/aromatic N) is 2. The first kappa shape index (κ1) is 18.0. The number of hydrogen-bond acceptors (Lipinski definition) is 5. The second kappa shape index (κ2) is 7.48. The number of nitrogens with one attached hydrogen (secondary N) is 1. The predicted octanol–water partition coefficient (Wildman–Crippen LogP) is 1.86. The molecule has 0 radical (unpaired) electrons. The number of hydrazone groups is 1. The second-order valence-corrected chi connectivity index (χ2v) is 5.74. The van der Waals surface area contributed by atoms with E-state index in [-0.39, 0.29) is 29.0 Å². The molecule has 1 aliphatic rings. The van der Waals surface area contributed by atoms with Gasteiger partial charge in [-0.2, -0.15) is 5.10 Å². The first-order chi connectivity index (χ1) is 11.3. The summed E-state index contributed by atoms with van der Waals surface area (Å²) >= 11 is 0. The van der Waals surface area contributed by atoms with E-state index in [1.165, 1.54) is 13.0 Å². The number of amides is 1. The molecule has 1 saturated heterocycles. The van der Waals surface area contributed by atoms with Gasteiger partial charge in [0.25, 0.3) is 0 Å². The van der Waals surface area contributed by atoms with Crippen LogP contribution in [0.25, 0.3) is 0 Å². The van der Waals surface area contributed by atoms with Crippen LogP contribution in [0.4, 0.5) is 14.5 Å². The van der Waals surface area contributed by atoms with Gasteiger partial charge in [0, 0.05) is 31.1 Å². The summed E-state index contributed by atoms with van der Waals surface area (Å²) in [6.07, 6.45) is 1.09. The molecule has 0 aliphatic carbocycles. The van der Waals surface area contributed by atoms with Crippen molar-refractivity contribution in [3.05, 3.63) is 28.8 Å². The van der Waals surface area contributed by atoms with Gasteiger partial charge < -0.3 is 9.64 Å². The van der Waals surface area contributed by atoms with Gasteiger partial charge in [-0.25, -0.2) is 14.2 Å². The lowest BCUT2D eigenvalue weighted by Gasteiger charge is -2.37. The lowest BCUT2D eigenvalue weighted by atomic mass is 10.1. The number of carbonyl (C=O) groups excluding carboxylic acids is 2. The van der Waals surface area contributed by atoms with E-state index in [9.17, 15) is 18.4 Å². The first-order valence-corrected chi connectivity index (χ1v) is 7.50. The molecular weight excluding hydrogens is 320 g/mol. The molecule has 6 nitrogen and oxygen atoms in total. The normalized spacial score (nSPS) is 21.1. The van der Waals surface area contributed by atoms with Crippen LogP contribution in [0.1, 0.15) is 36.7 Å². The van der Waals surface area contributed by atoms with E-state index in [2.05, 4.69) is 10.5 Å². The van der Waals surface area contributed by atoms with Crippen molar-refractivity contribution in [1.29, 1.82) is 0 Å². The van der Waals surface area contributed by atoms with Crippen molar-refractivity contribution in [2.45, 2.75) is 33.0 Å². The molecule has 1 aliphatic heterocycles. The number of benzene rings is 1. The van der Waals surface area contributed by atoms with Gasteiger partial charge in [0.05, 0.1) is 24.1 Å². The van der Waals surface area contributed by atoms with Gasteiger partial charge in [0.1, 0.15) is 0 Å². The Morgan fingerprint density at radius 1 is 1.29 bits per heavy atom. The van der Waals surface area contributed by atoms with Crippen molar-refractivity contribution in [2.75, 3.05) is 18.0 Å². The molecular formula is C16H19F2N3O3. The lowest BCUT2D eigenvalue weighted by Crippen LogP contribution is -2.46. The van der Waals surface area contributed by atoms with Crippen LogP contribution in [0, 0.1) is 11.6 Å². The molecule has 0 spiro atoms. The number of ether oxygens (including phenoxy) is 1. The Kier molecular flexibility index (Phi) is 5.61. The van der Waals surface area contributed by atoms with E-state index in [0.717, 1.165) is 6.21 Å². The van der Waals surface area contributed by atoms with Gasteiger partial charge in [0.15, 0.2) is 17.9 Å². The zero-order chi connectivity index (χ0) is 17.9. The zero-order valence-electron chi connectivity index (χ0n) is 13.7. The molecule has 1 N–H and O–H groups in total. The van der Waals surface area contributed by atoms with E-state index in [1.54, 1.807) is 4.90 Å². The van der Waals surface area contributed by atoms with Crippen molar-refractivity contribution in [3.8, 4) is 0 Å². The molecule has 1 aromatic rings. The fraction of sp³-hybridized carbons (Fsp3) is 0.438. The SMILES string of the molecule is CC(=O)NN=Cc1cc(C=O)c(N2C[C@@H](C)O[C@@H](C)C2)c(F)c1F. The van der Waals surface area contributed by atoms with Crippen molar-refractivity contribution in [1.82, 2.24) is 5.43 Å². The van der Waals surface area contributed by atoms with Crippen LogP contribution in [-0.4, -0.2) is 43.7 Å². The summed E-state index contributed by atoms with van der Waals surface area (Å²) in [4.78, 5) is 23.7. The van der Waals surface area contributed by atoms with Crippen LogP contribution in [0.3, 0.4) is 0 Å². The quantitative estimate of drug-likeness (QED) is 0.516. The lowest BCUT2D eigenvalue weighted by molar-refractivity contribution is -0.118. The predicted molar refractivity (Wildman–Crippen MR) is 85.4 cm³/mol. The molecule has 2 rings (SSSR count). The summed E-state index contributed by atoms with van der Waals surface area (Å²) in [6, 6.07) is 1.21. The summed E-state index contributed by atoms with van der Waals surface area (Å²) in [5.74, 6) is -2.70. The number of hydrogen-bond donors (Lipinski definition) is 1. The highest BCUT2D eigenvalue weighted by Crippen LogP contribution is 2.30. The largest absolute Gasteiger partial charge is 0.372 e. The molecule has 1 amide bonds. The average Bonchev–Trinajstić information content (AvgIpc) is 2.49. The molecule has 1 heterocycles. The number of aldehydes is 1. The summed E-state index contributed by atoms with van der Waals surface area (Å²) in [7, 11) is 0. The molecule has 24 heavy (non-hydrogen) atoms. The van der Waals surface area contributed by atoms with Crippen molar-refractivity contribution >= 4 is 24.1 Å². The number of morpholine rings is 1. The highest BCUT2D eigenvalue weighted by molar-refractivity contribution is 5.91. The number of halogens is 2. The molecule has 2 atom stereocenters.